The molecule has 8 nitrogen and oxygen atoms in total. The molecular weight excluding hydrogens is 433 g/mol. The van der Waals surface area contributed by atoms with Crippen molar-refractivity contribution in [2.45, 2.75) is 12.8 Å². The van der Waals surface area contributed by atoms with Crippen molar-refractivity contribution in [2.24, 2.45) is 11.8 Å². The third kappa shape index (κ3) is 5.73. The van der Waals surface area contributed by atoms with Gasteiger partial charge in [0.05, 0.1) is 37.3 Å². The van der Waals surface area contributed by atoms with Gasteiger partial charge in [0.1, 0.15) is 16.8 Å². The zero-order chi connectivity index (χ0) is 20.7. The molecule has 0 aliphatic heterocycles. The van der Waals surface area contributed by atoms with Crippen molar-refractivity contribution in [1.29, 1.82) is 0 Å². The van der Waals surface area contributed by atoms with E-state index in [0.29, 0.717) is 12.8 Å². The molecule has 11 heteroatoms. The van der Waals surface area contributed by atoms with E-state index in [2.05, 4.69) is 15.3 Å². The van der Waals surface area contributed by atoms with Crippen LogP contribution in [0, 0.1) is 11.8 Å². The van der Waals surface area contributed by atoms with Crippen LogP contribution in [0.25, 0.3) is 0 Å². The molecule has 0 saturated heterocycles. The molecule has 1 aliphatic rings. The van der Waals surface area contributed by atoms with Gasteiger partial charge >= 0.3 is 12.0 Å². The van der Waals surface area contributed by atoms with Crippen LogP contribution in [0.1, 0.15) is 12.8 Å². The van der Waals surface area contributed by atoms with Gasteiger partial charge in [-0.1, -0.05) is 47.0 Å². The zero-order valence-electron chi connectivity index (χ0n) is 15.1. The second-order valence-electron chi connectivity index (χ2n) is 5.70. The molecule has 1 N–H and O–H groups in total. The molecule has 0 fully saturated rings. The maximum atomic E-state index is 12.8. The topological polar surface area (TPSA) is 99.6 Å². The minimum Gasteiger partial charge on any atom is -0.479 e. The number of hydrogen-bond donors (Lipinski definition) is 1. The normalized spacial score (nSPS) is 18.2. The van der Waals surface area contributed by atoms with Gasteiger partial charge in [-0.05, 0) is 12.8 Å². The van der Waals surface area contributed by atoms with Crippen LogP contribution in [0.2, 0.25) is 0 Å². The van der Waals surface area contributed by atoms with Crippen molar-refractivity contribution < 1.29 is 23.8 Å². The Hall–Kier alpha value is -2.03. The summed E-state index contributed by atoms with van der Waals surface area (Å²) in [5, 5.41) is 2.69. The molecule has 0 spiro atoms. The minimum atomic E-state index is -0.686. The summed E-state index contributed by atoms with van der Waals surface area (Å²) in [5.74, 6) is -2.17. The van der Waals surface area contributed by atoms with E-state index >= 15 is 0 Å². The number of ether oxygens (including phenoxy) is 3. The first-order valence-electron chi connectivity index (χ1n) is 8.14. The lowest BCUT2D eigenvalue weighted by Gasteiger charge is -2.26. The third-order valence-electron chi connectivity index (χ3n) is 3.98. The molecule has 0 radical (unpaired) electrons. The summed E-state index contributed by atoms with van der Waals surface area (Å²) < 4.78 is 15.0. The molecule has 2 rings (SSSR count). The van der Waals surface area contributed by atoms with E-state index in [1.807, 2.05) is 12.2 Å². The van der Waals surface area contributed by atoms with Gasteiger partial charge in [0.2, 0.25) is 11.8 Å². The Labute approximate surface area is 176 Å². The van der Waals surface area contributed by atoms with Crippen molar-refractivity contribution in [3.8, 4) is 11.9 Å². The van der Waals surface area contributed by atoms with Crippen LogP contribution in [0.5, 0.6) is 11.9 Å². The van der Waals surface area contributed by atoms with E-state index in [1.165, 1.54) is 20.4 Å². The monoisotopic (exact) mass is 449 g/mol. The van der Waals surface area contributed by atoms with Crippen LogP contribution < -0.4 is 14.8 Å². The minimum absolute atomic E-state index is 0.00385. The lowest BCUT2D eigenvalue weighted by atomic mass is 9.82. The van der Waals surface area contributed by atoms with Gasteiger partial charge < -0.3 is 19.5 Å². The first-order chi connectivity index (χ1) is 13.4. The molecule has 152 valence electrons. The lowest BCUT2D eigenvalue weighted by Crippen LogP contribution is -2.36. The Kier molecular flexibility index (Phi) is 8.35. The van der Waals surface area contributed by atoms with E-state index in [1.54, 1.807) is 0 Å². The molecule has 2 atom stereocenters. The van der Waals surface area contributed by atoms with Gasteiger partial charge in [0, 0.05) is 0 Å². The number of nitrogens with one attached hydrogen (secondary N) is 1. The summed E-state index contributed by atoms with van der Waals surface area (Å²) in [6.45, 7) is -0.266. The maximum absolute atomic E-state index is 12.8. The number of anilines is 1. The number of rotatable bonds is 7. The predicted octanol–water partition coefficient (Wildman–Crippen LogP) is 3.44. The number of allylic oxidation sites excluding steroid dienone is 2. The summed E-state index contributed by atoms with van der Waals surface area (Å²) in [6.07, 6.45) is 5.73. The molecule has 1 aromatic heterocycles. The Morgan fingerprint density at radius 3 is 2.43 bits per heavy atom. The Balaban J connectivity index is 2.11. The number of carbonyl (C=O) groups is 2. The number of esters is 1. The van der Waals surface area contributed by atoms with E-state index in [9.17, 15) is 9.59 Å². The Morgan fingerprint density at radius 2 is 1.82 bits per heavy atom. The number of methoxy groups -OCH3 is 2. The third-order valence-corrected chi connectivity index (χ3v) is 4.93. The smallest absolute Gasteiger partial charge is 0.319 e. The highest BCUT2D eigenvalue weighted by Crippen LogP contribution is 2.30. The van der Waals surface area contributed by atoms with E-state index < -0.39 is 23.7 Å². The van der Waals surface area contributed by atoms with E-state index in [4.69, 9.17) is 49.0 Å². The average Bonchev–Trinajstić information content (AvgIpc) is 2.71. The number of amides is 1. The molecular formula is C17H18Cl3N3O5. The number of hydrogen-bond acceptors (Lipinski definition) is 7. The van der Waals surface area contributed by atoms with Crippen LogP contribution in [-0.2, 0) is 14.3 Å². The molecule has 28 heavy (non-hydrogen) atoms. The van der Waals surface area contributed by atoms with Crippen molar-refractivity contribution in [3.63, 3.8) is 0 Å². The number of halogens is 3. The molecule has 1 aliphatic carbocycles. The lowest BCUT2D eigenvalue weighted by molar-refractivity contribution is -0.151. The van der Waals surface area contributed by atoms with Crippen molar-refractivity contribution in [2.75, 3.05) is 26.1 Å². The standard InChI is InChI=1S/C17H18Cl3N3O5/c1-26-15-12(7-21-17(23-15)27-2)22-14(24)9-5-3-4-6-10(9)16(25)28-8-11(18)13(19)20/h3-4,7,9-10H,5-6,8H2,1-2H3,(H,22,24)/t9-,10+/m1/s1. The van der Waals surface area contributed by atoms with Gasteiger partial charge in [0.25, 0.3) is 0 Å². The maximum Gasteiger partial charge on any atom is 0.319 e. The molecule has 0 saturated carbocycles. The van der Waals surface area contributed by atoms with Crippen LogP contribution in [0.15, 0.2) is 27.9 Å². The van der Waals surface area contributed by atoms with Crippen LogP contribution in [-0.4, -0.2) is 42.7 Å². The van der Waals surface area contributed by atoms with Gasteiger partial charge in [-0.15, -0.1) is 0 Å². The SMILES string of the molecule is COc1ncc(NC(=O)[C@@H]2CC=CC[C@@H]2C(=O)OCC(Cl)=C(Cl)Cl)c(OC)n1. The Bertz CT molecular complexity index is 796. The van der Waals surface area contributed by atoms with Gasteiger partial charge in [-0.2, -0.15) is 4.98 Å². The highest BCUT2D eigenvalue weighted by atomic mass is 35.5. The summed E-state index contributed by atoms with van der Waals surface area (Å²) in [4.78, 5) is 33.2. The molecule has 1 heterocycles. The van der Waals surface area contributed by atoms with Gasteiger partial charge in [-0.3, -0.25) is 9.59 Å². The average molecular weight is 451 g/mol. The van der Waals surface area contributed by atoms with Crippen LogP contribution in [0.3, 0.4) is 0 Å². The van der Waals surface area contributed by atoms with Crippen LogP contribution >= 0.6 is 34.8 Å². The number of carbonyl (C=O) groups excluding carboxylic acids is 2. The second-order valence-corrected chi connectivity index (χ2v) is 7.10. The Morgan fingerprint density at radius 1 is 1.14 bits per heavy atom. The van der Waals surface area contributed by atoms with Gasteiger partial charge in [0.15, 0.2) is 0 Å². The fraction of sp³-hybridized carbons (Fsp3) is 0.412. The highest BCUT2D eigenvalue weighted by molar-refractivity contribution is 6.59. The van der Waals surface area contributed by atoms with Crippen LogP contribution in [0.4, 0.5) is 5.69 Å². The van der Waals surface area contributed by atoms with Gasteiger partial charge in [-0.25, -0.2) is 4.98 Å². The molecule has 0 aromatic carbocycles. The number of aromatic nitrogens is 2. The fourth-order valence-corrected chi connectivity index (χ4v) is 2.74. The van der Waals surface area contributed by atoms with E-state index in [-0.39, 0.29) is 33.7 Å². The number of nitrogens with zero attached hydrogens (tertiary/aromatic N) is 2. The summed E-state index contributed by atoms with van der Waals surface area (Å²) >= 11 is 16.8. The van der Waals surface area contributed by atoms with Crippen molar-refractivity contribution in [1.82, 2.24) is 9.97 Å². The highest BCUT2D eigenvalue weighted by Gasteiger charge is 2.35. The summed E-state index contributed by atoms with van der Waals surface area (Å²) in [5.41, 5.74) is 0.259. The summed E-state index contributed by atoms with van der Waals surface area (Å²) in [7, 11) is 2.82. The largest absolute Gasteiger partial charge is 0.479 e. The first-order valence-corrected chi connectivity index (χ1v) is 9.27. The second kappa shape index (κ2) is 10.5. The van der Waals surface area contributed by atoms with E-state index in [0.717, 1.165) is 0 Å². The molecule has 0 bridgehead atoms. The zero-order valence-corrected chi connectivity index (χ0v) is 17.3. The fourth-order valence-electron chi connectivity index (χ4n) is 2.58. The molecule has 1 amide bonds. The predicted molar refractivity (Wildman–Crippen MR) is 105 cm³/mol. The quantitative estimate of drug-likeness (QED) is 0.502. The van der Waals surface area contributed by atoms with Crippen molar-refractivity contribution in [3.05, 3.63) is 27.9 Å². The van der Waals surface area contributed by atoms with Crippen molar-refractivity contribution >= 4 is 52.4 Å². The first kappa shape index (κ1) is 22.3. The molecule has 1 aromatic rings. The summed E-state index contributed by atoms with van der Waals surface area (Å²) in [6, 6.07) is 0.0970. The molecule has 0 unspecified atom stereocenters.